The number of amides is 5. The molecule has 254 valence electrons. The van der Waals surface area contributed by atoms with Crippen LogP contribution in [0, 0.1) is 11.8 Å². The van der Waals surface area contributed by atoms with Gasteiger partial charge in [0.25, 0.3) is 0 Å². The zero-order valence-corrected chi connectivity index (χ0v) is 27.2. The number of alkyl carbamates (subject to hydrolysis) is 1. The molecule has 0 radical (unpaired) electrons. The third kappa shape index (κ3) is 10.8. The lowest BCUT2D eigenvalue weighted by Crippen LogP contribution is -2.57. The maximum atomic E-state index is 13.5. The van der Waals surface area contributed by atoms with Crippen LogP contribution < -0.4 is 27.0 Å². The topological polar surface area (TPSA) is 206 Å². The molecule has 1 aliphatic carbocycles. The molecular formula is C34H45N5O8. The maximum Gasteiger partial charge on any atom is 0.407 e. The number of primary amides is 1. The normalized spacial score (nSPS) is 13.9. The van der Waals surface area contributed by atoms with Crippen molar-refractivity contribution in [1.29, 1.82) is 0 Å². The number of nitrogens with two attached hydrogens (primary N) is 1. The zero-order chi connectivity index (χ0) is 34.7. The summed E-state index contributed by atoms with van der Waals surface area (Å²) in [6.07, 6.45) is -0.748. The van der Waals surface area contributed by atoms with Crippen molar-refractivity contribution in [3.8, 4) is 11.1 Å². The van der Waals surface area contributed by atoms with Gasteiger partial charge in [0.1, 0.15) is 31.3 Å². The third-order valence-electron chi connectivity index (χ3n) is 7.73. The second-order valence-electron chi connectivity index (χ2n) is 12.5. The summed E-state index contributed by atoms with van der Waals surface area (Å²) >= 11 is 0. The summed E-state index contributed by atoms with van der Waals surface area (Å²) < 4.78 is 5.65. The second-order valence-corrected chi connectivity index (χ2v) is 12.5. The van der Waals surface area contributed by atoms with E-state index in [1.54, 1.807) is 0 Å². The van der Waals surface area contributed by atoms with Crippen molar-refractivity contribution in [3.63, 3.8) is 0 Å². The standard InChI is InChI=1S/C34H45N5O8/c1-19(2)15-27(32(44)37-26(13-14-29(35)40)31(43)36-17-30(41)42)38-33(45)28(16-20(3)4)39-34(46)47-18-25-23-11-7-5-9-21(23)22-10-6-8-12-24(22)25/h5-12,19-20,25-28H,13-18H2,1-4H3,(H2,35,40)(H,36,43)(H,37,44)(H,38,45)(H,39,46)(H,41,42)/t26-,27-,28-/m0/s1. The number of benzene rings is 2. The minimum atomic E-state index is -1.29. The first-order valence-electron chi connectivity index (χ1n) is 15.8. The summed E-state index contributed by atoms with van der Waals surface area (Å²) in [5, 5.41) is 19.0. The van der Waals surface area contributed by atoms with Crippen LogP contribution in [0.1, 0.15) is 70.4 Å². The van der Waals surface area contributed by atoms with Crippen LogP contribution in [-0.4, -0.2) is 72.1 Å². The van der Waals surface area contributed by atoms with Crippen molar-refractivity contribution < 1.29 is 38.6 Å². The predicted molar refractivity (Wildman–Crippen MR) is 174 cm³/mol. The fourth-order valence-electron chi connectivity index (χ4n) is 5.57. The number of hydrogen-bond donors (Lipinski definition) is 6. The van der Waals surface area contributed by atoms with Crippen LogP contribution in [0.25, 0.3) is 11.1 Å². The van der Waals surface area contributed by atoms with Gasteiger partial charge in [-0.25, -0.2) is 4.79 Å². The van der Waals surface area contributed by atoms with Crippen LogP contribution in [-0.2, 0) is 28.7 Å². The molecule has 2 aromatic carbocycles. The van der Waals surface area contributed by atoms with Crippen molar-refractivity contribution in [2.45, 2.75) is 77.4 Å². The molecule has 5 amide bonds. The molecular weight excluding hydrogens is 606 g/mol. The Hall–Kier alpha value is -4.94. The summed E-state index contributed by atoms with van der Waals surface area (Å²) in [5.41, 5.74) is 9.48. The molecule has 1 aliphatic rings. The highest BCUT2D eigenvalue weighted by Crippen LogP contribution is 2.44. The third-order valence-corrected chi connectivity index (χ3v) is 7.73. The highest BCUT2D eigenvalue weighted by atomic mass is 16.5. The van der Waals surface area contributed by atoms with E-state index < -0.39 is 60.4 Å². The summed E-state index contributed by atoms with van der Waals surface area (Å²) in [5.74, 6) is -4.37. The number of carbonyl (C=O) groups excluding carboxylic acids is 5. The zero-order valence-electron chi connectivity index (χ0n) is 27.2. The SMILES string of the molecule is CC(C)C[C@H](NC(=O)OCC1c2ccccc2-c2ccccc21)C(=O)N[C@@H](CC(C)C)C(=O)N[C@@H](CCC(N)=O)C(=O)NCC(=O)O. The van der Waals surface area contributed by atoms with Gasteiger partial charge in [-0.1, -0.05) is 76.2 Å². The maximum absolute atomic E-state index is 13.5. The summed E-state index contributed by atoms with van der Waals surface area (Å²) in [6.45, 7) is 6.83. The monoisotopic (exact) mass is 651 g/mol. The van der Waals surface area contributed by atoms with Crippen molar-refractivity contribution in [2.24, 2.45) is 17.6 Å². The van der Waals surface area contributed by atoms with Crippen LogP contribution in [0.4, 0.5) is 4.79 Å². The van der Waals surface area contributed by atoms with Gasteiger partial charge in [0.15, 0.2) is 0 Å². The number of rotatable bonds is 17. The number of carboxylic acids is 1. The lowest BCUT2D eigenvalue weighted by molar-refractivity contribution is -0.138. The molecule has 0 aromatic heterocycles. The fourth-order valence-corrected chi connectivity index (χ4v) is 5.57. The van der Waals surface area contributed by atoms with Gasteiger partial charge in [-0.05, 0) is 53.4 Å². The Morgan fingerprint density at radius 3 is 1.72 bits per heavy atom. The van der Waals surface area contributed by atoms with E-state index in [1.165, 1.54) is 0 Å². The van der Waals surface area contributed by atoms with Crippen molar-refractivity contribution in [2.75, 3.05) is 13.2 Å². The molecule has 0 spiro atoms. The predicted octanol–water partition coefficient (Wildman–Crippen LogP) is 2.42. The number of fused-ring (bicyclic) bond motifs is 3. The molecule has 3 rings (SSSR count). The average molecular weight is 652 g/mol. The van der Waals surface area contributed by atoms with E-state index in [1.807, 2.05) is 76.2 Å². The first-order chi connectivity index (χ1) is 22.3. The molecule has 0 bridgehead atoms. The molecule has 7 N–H and O–H groups in total. The van der Waals surface area contributed by atoms with Crippen molar-refractivity contribution >= 4 is 35.7 Å². The van der Waals surface area contributed by atoms with Gasteiger partial charge in [0, 0.05) is 12.3 Å². The number of hydrogen-bond acceptors (Lipinski definition) is 7. The van der Waals surface area contributed by atoms with E-state index in [0.29, 0.717) is 0 Å². The molecule has 13 nitrogen and oxygen atoms in total. The molecule has 0 saturated heterocycles. The van der Waals surface area contributed by atoms with Crippen LogP contribution in [0.15, 0.2) is 48.5 Å². The number of nitrogens with one attached hydrogen (secondary N) is 4. The minimum absolute atomic E-state index is 0.00637. The Labute approximate surface area is 274 Å². The molecule has 3 atom stereocenters. The summed E-state index contributed by atoms with van der Waals surface area (Å²) in [4.78, 5) is 74.9. The summed E-state index contributed by atoms with van der Waals surface area (Å²) in [7, 11) is 0. The number of ether oxygens (including phenoxy) is 1. The fraction of sp³-hybridized carbons (Fsp3) is 0.471. The minimum Gasteiger partial charge on any atom is -0.480 e. The Balaban J connectivity index is 1.70. The van der Waals surface area contributed by atoms with Crippen LogP contribution in [0.2, 0.25) is 0 Å². The van der Waals surface area contributed by atoms with Crippen LogP contribution >= 0.6 is 0 Å². The number of carbonyl (C=O) groups is 6. The van der Waals surface area contributed by atoms with Crippen LogP contribution in [0.5, 0.6) is 0 Å². The highest BCUT2D eigenvalue weighted by molar-refractivity contribution is 5.94. The van der Waals surface area contributed by atoms with Gasteiger partial charge in [-0.2, -0.15) is 0 Å². The highest BCUT2D eigenvalue weighted by Gasteiger charge is 2.32. The van der Waals surface area contributed by atoms with Gasteiger partial charge >= 0.3 is 12.1 Å². The van der Waals surface area contributed by atoms with Gasteiger partial charge < -0.3 is 36.8 Å². The van der Waals surface area contributed by atoms with Crippen molar-refractivity contribution in [1.82, 2.24) is 21.3 Å². The molecule has 0 unspecified atom stereocenters. The van der Waals surface area contributed by atoms with E-state index in [2.05, 4.69) is 21.3 Å². The Kier molecular flexibility index (Phi) is 13.3. The van der Waals surface area contributed by atoms with Gasteiger partial charge in [-0.3, -0.25) is 24.0 Å². The Morgan fingerprint density at radius 2 is 1.23 bits per heavy atom. The Bertz CT molecular complexity index is 1410. The van der Waals surface area contributed by atoms with Gasteiger partial charge in [0.05, 0.1) is 0 Å². The van der Waals surface area contributed by atoms with E-state index in [0.717, 1.165) is 22.3 Å². The largest absolute Gasteiger partial charge is 0.480 e. The van der Waals surface area contributed by atoms with E-state index >= 15 is 0 Å². The number of carboxylic acid groups (broad SMARTS) is 1. The van der Waals surface area contributed by atoms with Crippen molar-refractivity contribution in [3.05, 3.63) is 59.7 Å². The molecule has 13 heteroatoms. The van der Waals surface area contributed by atoms with E-state index in [4.69, 9.17) is 15.6 Å². The average Bonchev–Trinajstić information content (AvgIpc) is 3.33. The lowest BCUT2D eigenvalue weighted by Gasteiger charge is -2.26. The second kappa shape index (κ2) is 17.1. The first-order valence-corrected chi connectivity index (χ1v) is 15.8. The molecule has 0 fully saturated rings. The first kappa shape index (κ1) is 36.5. The molecule has 0 saturated carbocycles. The molecule has 47 heavy (non-hydrogen) atoms. The summed E-state index contributed by atoms with van der Waals surface area (Å²) in [6, 6.07) is 12.5. The van der Waals surface area contributed by atoms with Gasteiger partial charge in [-0.15, -0.1) is 0 Å². The van der Waals surface area contributed by atoms with E-state index in [-0.39, 0.29) is 50.0 Å². The lowest BCUT2D eigenvalue weighted by atomic mass is 9.98. The molecule has 2 aromatic rings. The molecule has 0 aliphatic heterocycles. The van der Waals surface area contributed by atoms with E-state index in [9.17, 15) is 28.8 Å². The molecule has 0 heterocycles. The smallest absolute Gasteiger partial charge is 0.407 e. The Morgan fingerprint density at radius 1 is 0.745 bits per heavy atom. The van der Waals surface area contributed by atoms with Gasteiger partial charge in [0.2, 0.25) is 23.6 Å². The van der Waals surface area contributed by atoms with Crippen LogP contribution in [0.3, 0.4) is 0 Å². The number of aliphatic carboxylic acids is 1. The quantitative estimate of drug-likeness (QED) is 0.149.